The van der Waals surface area contributed by atoms with Crippen LogP contribution in [0.25, 0.3) is 27.9 Å². The van der Waals surface area contributed by atoms with Gasteiger partial charge in [0, 0.05) is 25.4 Å². The van der Waals surface area contributed by atoms with Crippen molar-refractivity contribution in [2.24, 2.45) is 0 Å². The molecule has 0 aromatic carbocycles. The van der Waals surface area contributed by atoms with Crippen LogP contribution in [0.5, 0.6) is 0 Å². The van der Waals surface area contributed by atoms with Gasteiger partial charge in [-0.2, -0.15) is 0 Å². The smallest absolute Gasteiger partial charge is 0.241 e. The van der Waals surface area contributed by atoms with Gasteiger partial charge in [-0.1, -0.05) is 0 Å². The van der Waals surface area contributed by atoms with Gasteiger partial charge in [-0.3, -0.25) is 0 Å². The zero-order valence-electron chi connectivity index (χ0n) is 17.1. The Hall–Kier alpha value is -3.07. The molecule has 9 heteroatoms. The van der Waals surface area contributed by atoms with Crippen molar-refractivity contribution in [2.75, 3.05) is 25.6 Å². The van der Waals surface area contributed by atoms with Crippen LogP contribution in [0.3, 0.4) is 0 Å². The standard InChI is InChI=1S/C21H24FN7O/c1-14-25-17-5-4-16(26-19(17)28(14)10-11-30-2)15-6-9-29-18(15)12-23-20(27-29)24-13-21(22)7-3-8-21/h4-6,9,12H,3,7-8,10-11,13H2,1-2H3,(H,24,27). The van der Waals surface area contributed by atoms with Gasteiger partial charge < -0.3 is 14.6 Å². The summed E-state index contributed by atoms with van der Waals surface area (Å²) in [4.78, 5) is 13.8. The Balaban J connectivity index is 1.46. The fourth-order valence-electron chi connectivity index (χ4n) is 3.89. The highest BCUT2D eigenvalue weighted by Gasteiger charge is 2.36. The number of anilines is 1. The number of hydrogen-bond acceptors (Lipinski definition) is 6. The molecule has 1 aliphatic rings. The molecule has 0 radical (unpaired) electrons. The minimum Gasteiger partial charge on any atom is -0.383 e. The van der Waals surface area contributed by atoms with Crippen LogP contribution >= 0.6 is 0 Å². The lowest BCUT2D eigenvalue weighted by molar-refractivity contribution is 0.0782. The van der Waals surface area contributed by atoms with Gasteiger partial charge in [-0.15, -0.1) is 5.10 Å². The lowest BCUT2D eigenvalue weighted by Gasteiger charge is -2.33. The summed E-state index contributed by atoms with van der Waals surface area (Å²) in [5, 5.41) is 7.50. The average Bonchev–Trinajstić information content (AvgIpc) is 3.28. The van der Waals surface area contributed by atoms with Gasteiger partial charge in [0.15, 0.2) is 5.65 Å². The van der Waals surface area contributed by atoms with Gasteiger partial charge in [0.05, 0.1) is 30.6 Å². The van der Waals surface area contributed by atoms with E-state index in [1.807, 2.05) is 31.3 Å². The van der Waals surface area contributed by atoms with Crippen molar-refractivity contribution in [1.29, 1.82) is 0 Å². The molecule has 4 heterocycles. The topological polar surface area (TPSA) is 82.2 Å². The number of ether oxygens (including phenoxy) is 1. The molecule has 156 valence electrons. The second-order valence-electron chi connectivity index (χ2n) is 7.84. The zero-order valence-corrected chi connectivity index (χ0v) is 17.1. The zero-order chi connectivity index (χ0) is 20.7. The summed E-state index contributed by atoms with van der Waals surface area (Å²) < 4.78 is 23.2. The molecule has 0 aliphatic heterocycles. The summed E-state index contributed by atoms with van der Waals surface area (Å²) in [7, 11) is 1.68. The third-order valence-corrected chi connectivity index (χ3v) is 5.81. The summed E-state index contributed by atoms with van der Waals surface area (Å²) in [6.45, 7) is 3.51. The lowest BCUT2D eigenvalue weighted by atomic mass is 9.82. The van der Waals surface area contributed by atoms with Crippen molar-refractivity contribution < 1.29 is 9.13 Å². The SMILES string of the molecule is COCCn1c(C)nc2ccc(-c3ccn4nc(NCC5(F)CCC5)ncc34)nc21. The number of methoxy groups -OCH3 is 1. The number of rotatable bonds is 7. The molecule has 0 bridgehead atoms. The molecule has 1 aliphatic carbocycles. The number of nitrogens with one attached hydrogen (secondary N) is 1. The highest BCUT2D eigenvalue weighted by molar-refractivity contribution is 5.82. The van der Waals surface area contributed by atoms with Crippen molar-refractivity contribution in [3.05, 3.63) is 36.4 Å². The van der Waals surface area contributed by atoms with Gasteiger partial charge in [-0.25, -0.2) is 23.9 Å². The van der Waals surface area contributed by atoms with E-state index in [9.17, 15) is 4.39 Å². The van der Waals surface area contributed by atoms with Gasteiger partial charge >= 0.3 is 0 Å². The minimum absolute atomic E-state index is 0.246. The van der Waals surface area contributed by atoms with Crippen LogP contribution in [-0.4, -0.2) is 55.1 Å². The first-order valence-corrected chi connectivity index (χ1v) is 10.2. The van der Waals surface area contributed by atoms with Crippen molar-refractivity contribution in [2.45, 2.75) is 38.4 Å². The largest absolute Gasteiger partial charge is 0.383 e. The van der Waals surface area contributed by atoms with Crippen molar-refractivity contribution in [3.63, 3.8) is 0 Å². The number of hydrogen-bond donors (Lipinski definition) is 1. The van der Waals surface area contributed by atoms with Crippen LogP contribution in [0.2, 0.25) is 0 Å². The third kappa shape index (κ3) is 3.28. The molecule has 0 saturated heterocycles. The van der Waals surface area contributed by atoms with Gasteiger partial charge in [0.2, 0.25) is 5.95 Å². The van der Waals surface area contributed by atoms with Gasteiger partial charge in [-0.05, 0) is 44.4 Å². The molecular formula is C21H24FN7O. The van der Waals surface area contributed by atoms with Crippen LogP contribution < -0.4 is 5.32 Å². The molecule has 5 rings (SSSR count). The monoisotopic (exact) mass is 409 g/mol. The Morgan fingerprint density at radius 1 is 1.23 bits per heavy atom. The second-order valence-corrected chi connectivity index (χ2v) is 7.84. The molecule has 8 nitrogen and oxygen atoms in total. The summed E-state index contributed by atoms with van der Waals surface area (Å²) >= 11 is 0. The number of nitrogens with zero attached hydrogens (tertiary/aromatic N) is 6. The molecule has 0 unspecified atom stereocenters. The molecule has 1 fully saturated rings. The van der Waals surface area contributed by atoms with Gasteiger partial charge in [0.25, 0.3) is 0 Å². The van der Waals surface area contributed by atoms with Gasteiger partial charge in [0.1, 0.15) is 17.0 Å². The molecule has 1 N–H and O–H groups in total. The first-order valence-electron chi connectivity index (χ1n) is 10.2. The first kappa shape index (κ1) is 18.9. The fraction of sp³-hybridized carbons (Fsp3) is 0.429. The van der Waals surface area contributed by atoms with E-state index >= 15 is 0 Å². The number of pyridine rings is 1. The first-order chi connectivity index (χ1) is 14.6. The number of alkyl halides is 1. The lowest BCUT2D eigenvalue weighted by Crippen LogP contribution is -2.39. The Kier molecular flexibility index (Phi) is 4.62. The van der Waals surface area contributed by atoms with Crippen molar-refractivity contribution in [3.8, 4) is 11.3 Å². The predicted molar refractivity (Wildman–Crippen MR) is 112 cm³/mol. The normalized spacial score (nSPS) is 15.6. The summed E-state index contributed by atoms with van der Waals surface area (Å²) in [6, 6.07) is 5.90. The number of halogens is 1. The summed E-state index contributed by atoms with van der Waals surface area (Å²) in [5.74, 6) is 1.33. The second kappa shape index (κ2) is 7.32. The molecule has 1 saturated carbocycles. The van der Waals surface area contributed by atoms with E-state index < -0.39 is 5.67 Å². The summed E-state index contributed by atoms with van der Waals surface area (Å²) in [6.07, 6.45) is 5.76. The van der Waals surface area contributed by atoms with E-state index in [-0.39, 0.29) is 6.54 Å². The van der Waals surface area contributed by atoms with E-state index in [0.717, 1.165) is 40.2 Å². The number of fused-ring (bicyclic) bond motifs is 2. The highest BCUT2D eigenvalue weighted by Crippen LogP contribution is 2.35. The maximum absolute atomic E-state index is 14.2. The maximum Gasteiger partial charge on any atom is 0.241 e. The van der Waals surface area contributed by atoms with Crippen LogP contribution in [0, 0.1) is 6.92 Å². The number of aromatic nitrogens is 6. The Bertz CT molecular complexity index is 1210. The quantitative estimate of drug-likeness (QED) is 0.504. The predicted octanol–water partition coefficient (Wildman–Crippen LogP) is 3.40. The van der Waals surface area contributed by atoms with E-state index in [4.69, 9.17) is 9.72 Å². The fourth-order valence-corrected chi connectivity index (χ4v) is 3.89. The Morgan fingerprint density at radius 2 is 2.10 bits per heavy atom. The molecule has 4 aromatic rings. The molecular weight excluding hydrogens is 385 g/mol. The van der Waals surface area contributed by atoms with Crippen LogP contribution in [0.15, 0.2) is 30.6 Å². The number of aryl methyl sites for hydroxylation is 1. The minimum atomic E-state index is -1.12. The van der Waals surface area contributed by atoms with Crippen LogP contribution in [0.1, 0.15) is 25.1 Å². The van der Waals surface area contributed by atoms with E-state index in [2.05, 4.69) is 25.0 Å². The third-order valence-electron chi connectivity index (χ3n) is 5.81. The Morgan fingerprint density at radius 3 is 2.87 bits per heavy atom. The number of imidazole rings is 1. The molecule has 0 amide bonds. The van der Waals surface area contributed by atoms with Crippen LogP contribution in [0.4, 0.5) is 10.3 Å². The maximum atomic E-state index is 14.2. The van der Waals surface area contributed by atoms with E-state index in [1.54, 1.807) is 17.8 Å². The van der Waals surface area contributed by atoms with E-state index in [0.29, 0.717) is 31.9 Å². The summed E-state index contributed by atoms with van der Waals surface area (Å²) in [5.41, 5.74) is 3.16. The molecule has 30 heavy (non-hydrogen) atoms. The highest BCUT2D eigenvalue weighted by atomic mass is 19.1. The van der Waals surface area contributed by atoms with Crippen LogP contribution in [-0.2, 0) is 11.3 Å². The molecule has 0 spiro atoms. The van der Waals surface area contributed by atoms with E-state index in [1.165, 1.54) is 0 Å². The molecule has 0 atom stereocenters. The van der Waals surface area contributed by atoms with Crippen molar-refractivity contribution in [1.82, 2.24) is 29.1 Å². The average molecular weight is 409 g/mol. The molecule has 4 aromatic heterocycles. The van der Waals surface area contributed by atoms with Crippen molar-refractivity contribution >= 4 is 22.6 Å². The Labute approximate surface area is 173 Å².